The van der Waals surface area contributed by atoms with Crippen molar-refractivity contribution in [1.29, 1.82) is 0 Å². The lowest BCUT2D eigenvalue weighted by molar-refractivity contribution is 0.0931. The predicted octanol–water partition coefficient (Wildman–Crippen LogP) is 5.45. The van der Waals surface area contributed by atoms with Crippen LogP contribution in [-0.2, 0) is 6.61 Å². The maximum Gasteiger partial charge on any atom is 0.270 e. The minimum atomic E-state index is -0.688. The summed E-state index contributed by atoms with van der Waals surface area (Å²) in [6.45, 7) is 3.48. The fourth-order valence-corrected chi connectivity index (χ4v) is 5.33. The fourth-order valence-electron chi connectivity index (χ4n) is 4.32. The van der Waals surface area contributed by atoms with E-state index in [1.165, 1.54) is 18.2 Å². The van der Waals surface area contributed by atoms with Crippen molar-refractivity contribution in [2.24, 2.45) is 5.73 Å². The zero-order chi connectivity index (χ0) is 25.4. The number of thiophene rings is 1. The summed E-state index contributed by atoms with van der Waals surface area (Å²) in [5, 5.41) is 6.12. The van der Waals surface area contributed by atoms with Crippen molar-refractivity contribution in [3.05, 3.63) is 99.8 Å². The first-order chi connectivity index (χ1) is 17.4. The van der Waals surface area contributed by atoms with E-state index in [2.05, 4.69) is 10.3 Å². The molecule has 0 aliphatic heterocycles. The smallest absolute Gasteiger partial charge is 0.270 e. The minimum Gasteiger partial charge on any atom is -0.485 e. The average Bonchev–Trinajstić information content (AvgIpc) is 3.42. The first kappa shape index (κ1) is 23.9. The van der Waals surface area contributed by atoms with Crippen molar-refractivity contribution in [3.63, 3.8) is 0 Å². The monoisotopic (exact) mass is 506 g/mol. The maximum absolute atomic E-state index is 14.1. The first-order valence-electron chi connectivity index (χ1n) is 11.4. The topological polar surface area (TPSA) is 81.6 Å². The van der Waals surface area contributed by atoms with E-state index in [0.29, 0.717) is 22.8 Å². The minimum absolute atomic E-state index is 0.174. The number of fused-ring (bicyclic) bond motifs is 2. The molecule has 1 atom stereocenters. The zero-order valence-corrected chi connectivity index (χ0v) is 20.5. The van der Waals surface area contributed by atoms with Crippen LogP contribution in [0.15, 0.2) is 60.1 Å². The number of imidazole rings is 1. The van der Waals surface area contributed by atoms with Gasteiger partial charge >= 0.3 is 0 Å². The lowest BCUT2D eigenvalue weighted by Crippen LogP contribution is -2.34. The molecule has 5 rings (SSSR count). The molecule has 1 unspecified atom stereocenters. The van der Waals surface area contributed by atoms with Crippen molar-refractivity contribution in [1.82, 2.24) is 14.7 Å². The van der Waals surface area contributed by atoms with E-state index in [-0.39, 0.29) is 30.7 Å². The van der Waals surface area contributed by atoms with Gasteiger partial charge in [-0.3, -0.25) is 9.20 Å². The van der Waals surface area contributed by atoms with Crippen molar-refractivity contribution < 1.29 is 18.3 Å². The van der Waals surface area contributed by atoms with E-state index in [1.807, 2.05) is 36.6 Å². The van der Waals surface area contributed by atoms with Crippen LogP contribution in [0.1, 0.15) is 38.9 Å². The van der Waals surface area contributed by atoms with Crippen LogP contribution in [0.25, 0.3) is 15.7 Å². The van der Waals surface area contributed by atoms with Gasteiger partial charge in [0.25, 0.3) is 5.91 Å². The third-order valence-electron chi connectivity index (χ3n) is 6.07. The van der Waals surface area contributed by atoms with Gasteiger partial charge in [0.15, 0.2) is 11.4 Å². The summed E-state index contributed by atoms with van der Waals surface area (Å²) in [5.74, 6) is -1.39. The molecule has 9 heteroatoms. The number of benzene rings is 2. The van der Waals surface area contributed by atoms with Crippen LogP contribution < -0.4 is 15.8 Å². The molecule has 5 aromatic rings. The second-order valence-electron chi connectivity index (χ2n) is 8.56. The van der Waals surface area contributed by atoms with Gasteiger partial charge in [0, 0.05) is 17.4 Å². The number of pyridine rings is 1. The molecule has 3 N–H and O–H groups in total. The van der Waals surface area contributed by atoms with Crippen molar-refractivity contribution in [2.75, 3.05) is 6.54 Å². The summed E-state index contributed by atoms with van der Waals surface area (Å²) < 4.78 is 36.7. The van der Waals surface area contributed by atoms with Crippen molar-refractivity contribution in [3.8, 4) is 5.75 Å². The van der Waals surface area contributed by atoms with Gasteiger partial charge in [0.2, 0.25) is 0 Å². The summed E-state index contributed by atoms with van der Waals surface area (Å²) in [4.78, 5) is 18.0. The molecule has 1 amide bonds. The van der Waals surface area contributed by atoms with Crippen LogP contribution in [-0.4, -0.2) is 21.8 Å². The van der Waals surface area contributed by atoms with Gasteiger partial charge in [-0.05, 0) is 60.0 Å². The number of amides is 1. The van der Waals surface area contributed by atoms with Crippen LogP contribution in [0.5, 0.6) is 5.75 Å². The Hall–Kier alpha value is -3.82. The first-order valence-corrected chi connectivity index (χ1v) is 12.3. The Kier molecular flexibility index (Phi) is 6.42. The van der Waals surface area contributed by atoms with Crippen LogP contribution in [0.3, 0.4) is 0 Å². The molecule has 2 aromatic carbocycles. The number of carbonyl (C=O) groups excluding carboxylic acids is 1. The highest BCUT2D eigenvalue weighted by atomic mass is 32.1. The van der Waals surface area contributed by atoms with Crippen molar-refractivity contribution >= 4 is 33.0 Å². The quantitative estimate of drug-likeness (QED) is 0.307. The normalized spacial score (nSPS) is 12.2. The van der Waals surface area contributed by atoms with Gasteiger partial charge < -0.3 is 15.8 Å². The van der Waals surface area contributed by atoms with E-state index >= 15 is 0 Å². The summed E-state index contributed by atoms with van der Waals surface area (Å²) in [6.07, 6.45) is 1.78. The van der Waals surface area contributed by atoms with Gasteiger partial charge in [0.1, 0.15) is 23.9 Å². The van der Waals surface area contributed by atoms with Gasteiger partial charge in [-0.2, -0.15) is 0 Å². The molecule has 0 aliphatic carbocycles. The molecule has 6 nitrogen and oxygen atoms in total. The molecular weight excluding hydrogens is 482 g/mol. The number of nitrogens with one attached hydrogen (secondary N) is 1. The molecule has 0 radical (unpaired) electrons. The predicted molar refractivity (Wildman–Crippen MR) is 136 cm³/mol. The Labute approximate surface area is 210 Å². The molecular formula is C27H24F2N4O2S. The Morgan fingerprint density at radius 2 is 1.92 bits per heavy atom. The SMILES string of the molecule is Cc1cc(OCc2c(F)cccc2F)c2nc(C)c(C(=O)NC(CN)c3csc4ccccc34)n2c1. The standard InChI is InChI=1S/C27H24F2N4O2S/c1-15-10-23(35-13-18-20(28)7-5-8-21(18)29)26-31-16(2)25(33(26)12-15)27(34)32-22(11-30)19-14-36-24-9-4-3-6-17(19)24/h3-10,12,14,22H,11,13,30H2,1-2H3,(H,32,34). The Bertz CT molecular complexity index is 1570. The number of aryl methyl sites for hydroxylation is 2. The number of rotatable bonds is 7. The number of ether oxygens (including phenoxy) is 1. The van der Waals surface area contributed by atoms with E-state index in [4.69, 9.17) is 10.5 Å². The summed E-state index contributed by atoms with van der Waals surface area (Å²) in [6, 6.07) is 13.0. The highest BCUT2D eigenvalue weighted by Crippen LogP contribution is 2.31. The zero-order valence-electron chi connectivity index (χ0n) is 19.7. The second kappa shape index (κ2) is 9.67. The highest BCUT2D eigenvalue weighted by molar-refractivity contribution is 7.17. The molecule has 0 saturated heterocycles. The summed E-state index contributed by atoms with van der Waals surface area (Å²) in [5.41, 5.74) is 8.85. The molecule has 0 aliphatic rings. The summed E-state index contributed by atoms with van der Waals surface area (Å²) >= 11 is 1.60. The number of hydrogen-bond acceptors (Lipinski definition) is 5. The molecule has 3 heterocycles. The number of aromatic nitrogens is 2. The molecule has 0 fully saturated rings. The van der Waals surface area contributed by atoms with Crippen LogP contribution >= 0.6 is 11.3 Å². The van der Waals surface area contributed by atoms with Gasteiger partial charge in [0.05, 0.1) is 17.3 Å². The van der Waals surface area contributed by atoms with Crippen LogP contribution in [0.4, 0.5) is 8.78 Å². The maximum atomic E-state index is 14.1. The Morgan fingerprint density at radius 1 is 1.17 bits per heavy atom. The number of nitrogens with zero attached hydrogens (tertiary/aromatic N) is 2. The lowest BCUT2D eigenvalue weighted by Gasteiger charge is -2.17. The van der Waals surface area contributed by atoms with E-state index in [1.54, 1.807) is 34.9 Å². The average molecular weight is 507 g/mol. The number of hydrogen-bond donors (Lipinski definition) is 2. The van der Waals surface area contributed by atoms with Gasteiger partial charge in [-0.1, -0.05) is 24.3 Å². The van der Waals surface area contributed by atoms with E-state index in [9.17, 15) is 13.6 Å². The summed E-state index contributed by atoms with van der Waals surface area (Å²) in [7, 11) is 0. The third-order valence-corrected chi connectivity index (χ3v) is 7.06. The molecule has 0 bridgehead atoms. The lowest BCUT2D eigenvalue weighted by atomic mass is 10.1. The second-order valence-corrected chi connectivity index (χ2v) is 9.47. The van der Waals surface area contributed by atoms with Crippen molar-refractivity contribution in [2.45, 2.75) is 26.5 Å². The molecule has 184 valence electrons. The number of halogens is 2. The number of nitrogens with two attached hydrogens (primary N) is 1. The largest absolute Gasteiger partial charge is 0.485 e. The third kappa shape index (κ3) is 4.31. The molecule has 36 heavy (non-hydrogen) atoms. The molecule has 3 aromatic heterocycles. The molecule has 0 spiro atoms. The van der Waals surface area contributed by atoms with E-state index < -0.39 is 11.6 Å². The highest BCUT2D eigenvalue weighted by Gasteiger charge is 2.24. The number of carbonyl (C=O) groups is 1. The van der Waals surface area contributed by atoms with Crippen LogP contribution in [0.2, 0.25) is 0 Å². The fraction of sp³-hybridized carbons (Fsp3) is 0.185. The van der Waals surface area contributed by atoms with Crippen LogP contribution in [0, 0.1) is 25.5 Å². The van der Waals surface area contributed by atoms with Gasteiger partial charge in [-0.25, -0.2) is 13.8 Å². The van der Waals surface area contributed by atoms with Gasteiger partial charge in [-0.15, -0.1) is 11.3 Å². The van der Waals surface area contributed by atoms with E-state index in [0.717, 1.165) is 21.2 Å². The molecule has 0 saturated carbocycles. The Balaban J connectivity index is 1.47. The Morgan fingerprint density at radius 3 is 2.67 bits per heavy atom.